The molecule has 2 aromatic carbocycles. The van der Waals surface area contributed by atoms with E-state index in [0.717, 1.165) is 34.3 Å². The maximum absolute atomic E-state index is 9.15. The van der Waals surface area contributed by atoms with E-state index in [-0.39, 0.29) is 6.04 Å². The Bertz CT molecular complexity index is 1170. The Hall–Kier alpha value is -3.59. The van der Waals surface area contributed by atoms with Gasteiger partial charge in [0, 0.05) is 11.1 Å². The molecule has 0 fully saturated rings. The van der Waals surface area contributed by atoms with Crippen LogP contribution in [0.5, 0.6) is 0 Å². The first kappa shape index (κ1) is 15.6. The number of aromatic amines is 1. The third-order valence-electron chi connectivity index (χ3n) is 5.28. The largest absolute Gasteiger partial charge is 0.442 e. The fraction of sp³-hybridized carbons (Fsp3) is 0.190. The molecule has 6 nitrogen and oxygen atoms in total. The van der Waals surface area contributed by atoms with Crippen LogP contribution in [-0.4, -0.2) is 15.2 Å². The fourth-order valence-corrected chi connectivity index (χ4v) is 3.96. The SMILES string of the molecule is C[C@H]1C[C@@H](Nc2ccc3[nH]nc(-c4cnco4)c3c2)c2ccc(C#N)cc21. The second kappa shape index (κ2) is 5.99. The number of fused-ring (bicyclic) bond motifs is 2. The summed E-state index contributed by atoms with van der Waals surface area (Å²) >= 11 is 0. The van der Waals surface area contributed by atoms with Gasteiger partial charge < -0.3 is 9.73 Å². The number of hydrogen-bond donors (Lipinski definition) is 2. The van der Waals surface area contributed by atoms with E-state index in [1.54, 1.807) is 6.20 Å². The highest BCUT2D eigenvalue weighted by Crippen LogP contribution is 2.42. The molecule has 4 aromatic rings. The first-order valence-electron chi connectivity index (χ1n) is 8.90. The normalized spacial score (nSPS) is 18.4. The van der Waals surface area contributed by atoms with Gasteiger partial charge in [0.2, 0.25) is 0 Å². The highest BCUT2D eigenvalue weighted by atomic mass is 16.3. The zero-order valence-corrected chi connectivity index (χ0v) is 14.7. The third-order valence-corrected chi connectivity index (χ3v) is 5.28. The summed E-state index contributed by atoms with van der Waals surface area (Å²) in [6.07, 6.45) is 4.07. The van der Waals surface area contributed by atoms with Crippen molar-refractivity contribution in [2.75, 3.05) is 5.32 Å². The zero-order chi connectivity index (χ0) is 18.4. The van der Waals surface area contributed by atoms with Crippen LogP contribution in [0.3, 0.4) is 0 Å². The van der Waals surface area contributed by atoms with Crippen molar-refractivity contribution in [1.82, 2.24) is 15.2 Å². The van der Waals surface area contributed by atoms with Crippen LogP contribution in [0.1, 0.15) is 42.0 Å². The number of nitrogens with one attached hydrogen (secondary N) is 2. The standard InChI is InChI=1S/C21H17N5O/c1-12-6-19(15-4-2-13(9-22)7-16(12)15)24-14-3-5-18-17(8-14)21(26-25-18)20-10-23-11-27-20/h2-5,7-8,10-12,19,24H,6H2,1H3,(H,25,26)/t12-,19+/m0/s1. The van der Waals surface area contributed by atoms with Crippen LogP contribution in [0.25, 0.3) is 22.4 Å². The van der Waals surface area contributed by atoms with Gasteiger partial charge in [-0.05, 0) is 53.8 Å². The average Bonchev–Trinajstić information content (AvgIpc) is 3.41. The van der Waals surface area contributed by atoms with E-state index >= 15 is 0 Å². The predicted octanol–water partition coefficient (Wildman–Crippen LogP) is 4.75. The molecule has 27 heavy (non-hydrogen) atoms. The number of anilines is 1. The van der Waals surface area contributed by atoms with Gasteiger partial charge in [0.05, 0.1) is 29.4 Å². The van der Waals surface area contributed by atoms with E-state index in [9.17, 15) is 0 Å². The lowest BCUT2D eigenvalue weighted by molar-refractivity contribution is 0.570. The second-order valence-electron chi connectivity index (χ2n) is 6.99. The molecule has 1 aliphatic rings. The number of H-pyrrole nitrogens is 1. The molecule has 5 rings (SSSR count). The minimum Gasteiger partial charge on any atom is -0.442 e. The summed E-state index contributed by atoms with van der Waals surface area (Å²) in [5, 5.41) is 21.2. The Kier molecular flexibility index (Phi) is 3.47. The van der Waals surface area contributed by atoms with Crippen LogP contribution in [-0.2, 0) is 0 Å². The number of rotatable bonds is 3. The molecule has 0 saturated carbocycles. The summed E-state index contributed by atoms with van der Waals surface area (Å²) in [6.45, 7) is 2.21. The van der Waals surface area contributed by atoms with Gasteiger partial charge in [-0.2, -0.15) is 10.4 Å². The van der Waals surface area contributed by atoms with Gasteiger partial charge in [0.25, 0.3) is 0 Å². The lowest BCUT2D eigenvalue weighted by Gasteiger charge is -2.16. The van der Waals surface area contributed by atoms with Gasteiger partial charge in [0.15, 0.2) is 12.2 Å². The van der Waals surface area contributed by atoms with E-state index in [2.05, 4.69) is 51.7 Å². The van der Waals surface area contributed by atoms with Gasteiger partial charge in [-0.3, -0.25) is 5.10 Å². The molecule has 0 saturated heterocycles. The smallest absolute Gasteiger partial charge is 0.181 e. The molecule has 0 amide bonds. The number of nitriles is 1. The van der Waals surface area contributed by atoms with E-state index in [4.69, 9.17) is 9.68 Å². The zero-order valence-electron chi connectivity index (χ0n) is 14.7. The van der Waals surface area contributed by atoms with Crippen LogP contribution in [0.2, 0.25) is 0 Å². The van der Waals surface area contributed by atoms with Gasteiger partial charge in [-0.1, -0.05) is 13.0 Å². The van der Waals surface area contributed by atoms with Crippen LogP contribution < -0.4 is 5.32 Å². The van der Waals surface area contributed by atoms with Crippen molar-refractivity contribution in [3.63, 3.8) is 0 Å². The Balaban J connectivity index is 1.50. The number of oxazole rings is 1. The summed E-state index contributed by atoms with van der Waals surface area (Å²) < 4.78 is 5.40. The summed E-state index contributed by atoms with van der Waals surface area (Å²) in [6, 6.07) is 14.6. The molecule has 0 bridgehead atoms. The number of hydrogen-bond acceptors (Lipinski definition) is 5. The molecule has 0 unspecified atom stereocenters. The first-order valence-corrected chi connectivity index (χ1v) is 8.90. The lowest BCUT2D eigenvalue weighted by atomic mass is 10.0. The number of benzene rings is 2. The van der Waals surface area contributed by atoms with Gasteiger partial charge in [0.1, 0.15) is 5.69 Å². The molecule has 2 heterocycles. The minimum atomic E-state index is 0.223. The highest BCUT2D eigenvalue weighted by Gasteiger charge is 2.28. The maximum Gasteiger partial charge on any atom is 0.181 e. The molecular formula is C21H17N5O. The van der Waals surface area contributed by atoms with Crippen molar-refractivity contribution in [1.29, 1.82) is 5.26 Å². The van der Waals surface area contributed by atoms with Crippen LogP contribution in [0.15, 0.2) is 53.4 Å². The summed E-state index contributed by atoms with van der Waals surface area (Å²) in [5.74, 6) is 1.07. The van der Waals surface area contributed by atoms with Crippen molar-refractivity contribution in [3.05, 3.63) is 65.7 Å². The molecule has 6 heteroatoms. The molecule has 0 aliphatic heterocycles. The Morgan fingerprint density at radius 1 is 1.22 bits per heavy atom. The average molecular weight is 355 g/mol. The van der Waals surface area contributed by atoms with Crippen molar-refractivity contribution in [2.45, 2.75) is 25.3 Å². The Morgan fingerprint density at radius 3 is 2.96 bits per heavy atom. The molecule has 0 radical (unpaired) electrons. The molecule has 2 N–H and O–H groups in total. The molecule has 0 spiro atoms. The maximum atomic E-state index is 9.15. The number of nitrogens with zero attached hydrogens (tertiary/aromatic N) is 3. The van der Waals surface area contributed by atoms with E-state index in [1.165, 1.54) is 17.5 Å². The monoisotopic (exact) mass is 355 g/mol. The molecule has 1 aliphatic carbocycles. The van der Waals surface area contributed by atoms with Crippen LogP contribution in [0, 0.1) is 11.3 Å². The molecule has 2 atom stereocenters. The summed E-state index contributed by atoms with van der Waals surface area (Å²) in [5.41, 5.74) is 5.98. The van der Waals surface area contributed by atoms with Crippen molar-refractivity contribution < 1.29 is 4.42 Å². The van der Waals surface area contributed by atoms with Crippen molar-refractivity contribution in [2.24, 2.45) is 0 Å². The van der Waals surface area contributed by atoms with Gasteiger partial charge in [-0.15, -0.1) is 0 Å². The van der Waals surface area contributed by atoms with E-state index < -0.39 is 0 Å². The van der Waals surface area contributed by atoms with E-state index in [0.29, 0.717) is 11.7 Å². The fourth-order valence-electron chi connectivity index (χ4n) is 3.96. The van der Waals surface area contributed by atoms with Crippen LogP contribution in [0.4, 0.5) is 5.69 Å². The van der Waals surface area contributed by atoms with Crippen molar-refractivity contribution >= 4 is 16.6 Å². The van der Waals surface area contributed by atoms with Gasteiger partial charge >= 0.3 is 0 Å². The molecular weight excluding hydrogens is 338 g/mol. The third kappa shape index (κ3) is 2.56. The first-order chi connectivity index (χ1) is 13.2. The lowest BCUT2D eigenvalue weighted by Crippen LogP contribution is -2.07. The summed E-state index contributed by atoms with van der Waals surface area (Å²) in [7, 11) is 0. The Morgan fingerprint density at radius 2 is 2.15 bits per heavy atom. The quantitative estimate of drug-likeness (QED) is 0.553. The highest BCUT2D eigenvalue weighted by molar-refractivity contribution is 5.93. The van der Waals surface area contributed by atoms with Crippen LogP contribution >= 0.6 is 0 Å². The van der Waals surface area contributed by atoms with E-state index in [1.807, 2.05) is 18.2 Å². The second-order valence-corrected chi connectivity index (χ2v) is 6.99. The number of aromatic nitrogens is 3. The van der Waals surface area contributed by atoms with Gasteiger partial charge in [-0.25, -0.2) is 4.98 Å². The molecule has 2 aromatic heterocycles. The predicted molar refractivity (Wildman–Crippen MR) is 102 cm³/mol. The van der Waals surface area contributed by atoms with Crippen molar-refractivity contribution in [3.8, 4) is 17.5 Å². The summed E-state index contributed by atoms with van der Waals surface area (Å²) in [4.78, 5) is 3.98. The molecule has 132 valence electrons. The Labute approximate surface area is 155 Å². The minimum absolute atomic E-state index is 0.223. The topological polar surface area (TPSA) is 90.5 Å².